The number of benzene rings is 1. The van der Waals surface area contributed by atoms with E-state index in [0.717, 1.165) is 19.4 Å². The van der Waals surface area contributed by atoms with Gasteiger partial charge >= 0.3 is 0 Å². The van der Waals surface area contributed by atoms with Gasteiger partial charge < -0.3 is 10.3 Å². The van der Waals surface area contributed by atoms with Crippen LogP contribution in [0.15, 0.2) is 30.5 Å². The molecule has 2 aromatic rings. The standard InChI is InChI=1S/C15H21N3/c1-17-9-11(16)7-8-15(17)13-10-18(2)14-6-4-3-5-12(13)14/h3-6,10-11,15H,7-9,16H2,1-2H3. The average Bonchev–Trinajstić information content (AvgIpc) is 2.68. The largest absolute Gasteiger partial charge is 0.350 e. The Balaban J connectivity index is 2.04. The summed E-state index contributed by atoms with van der Waals surface area (Å²) in [5.74, 6) is 0. The Kier molecular flexibility index (Phi) is 2.88. The van der Waals surface area contributed by atoms with E-state index in [1.807, 2.05) is 0 Å². The first kappa shape index (κ1) is 11.8. The highest BCUT2D eigenvalue weighted by molar-refractivity contribution is 5.84. The van der Waals surface area contributed by atoms with Crippen LogP contribution in [0.5, 0.6) is 0 Å². The van der Waals surface area contributed by atoms with Gasteiger partial charge in [-0.1, -0.05) is 18.2 Å². The van der Waals surface area contributed by atoms with Crippen molar-refractivity contribution in [2.75, 3.05) is 13.6 Å². The molecule has 2 atom stereocenters. The molecule has 0 spiro atoms. The lowest BCUT2D eigenvalue weighted by Crippen LogP contribution is -2.42. The molecule has 0 radical (unpaired) electrons. The van der Waals surface area contributed by atoms with Gasteiger partial charge in [0.05, 0.1) is 0 Å². The summed E-state index contributed by atoms with van der Waals surface area (Å²) in [6.07, 6.45) is 4.56. The van der Waals surface area contributed by atoms with E-state index in [1.54, 1.807) is 0 Å². The third-order valence-corrected chi connectivity index (χ3v) is 4.15. The third-order valence-electron chi connectivity index (χ3n) is 4.15. The van der Waals surface area contributed by atoms with Gasteiger partial charge in [-0.25, -0.2) is 0 Å². The van der Waals surface area contributed by atoms with Crippen LogP contribution in [0.4, 0.5) is 0 Å². The van der Waals surface area contributed by atoms with E-state index >= 15 is 0 Å². The molecule has 1 fully saturated rings. The molecule has 1 aliphatic rings. The molecule has 96 valence electrons. The van der Waals surface area contributed by atoms with Gasteiger partial charge in [0, 0.05) is 42.8 Å². The van der Waals surface area contributed by atoms with Crippen molar-refractivity contribution in [2.24, 2.45) is 12.8 Å². The van der Waals surface area contributed by atoms with E-state index in [-0.39, 0.29) is 0 Å². The summed E-state index contributed by atoms with van der Waals surface area (Å²) in [5.41, 5.74) is 8.80. The molecule has 2 heterocycles. The first-order valence-electron chi connectivity index (χ1n) is 6.66. The van der Waals surface area contributed by atoms with Gasteiger partial charge in [-0.05, 0) is 31.5 Å². The van der Waals surface area contributed by atoms with E-state index < -0.39 is 0 Å². The van der Waals surface area contributed by atoms with Crippen LogP contribution in [0.25, 0.3) is 10.9 Å². The Morgan fingerprint density at radius 2 is 1.94 bits per heavy atom. The van der Waals surface area contributed by atoms with Crippen LogP contribution in [-0.4, -0.2) is 29.1 Å². The molecule has 0 saturated carbocycles. The predicted octanol–water partition coefficient (Wildman–Crippen LogP) is 2.27. The van der Waals surface area contributed by atoms with Crippen LogP contribution in [0, 0.1) is 0 Å². The molecule has 0 amide bonds. The molecule has 0 bridgehead atoms. The summed E-state index contributed by atoms with van der Waals surface area (Å²) in [4.78, 5) is 2.40. The highest BCUT2D eigenvalue weighted by Gasteiger charge is 2.26. The average molecular weight is 243 g/mol. The molecule has 2 unspecified atom stereocenters. The molecule has 3 nitrogen and oxygen atoms in total. The van der Waals surface area contributed by atoms with Crippen molar-refractivity contribution < 1.29 is 0 Å². The van der Waals surface area contributed by atoms with Crippen molar-refractivity contribution in [3.05, 3.63) is 36.0 Å². The molecule has 1 aromatic heterocycles. The van der Waals surface area contributed by atoms with Gasteiger partial charge in [-0.2, -0.15) is 0 Å². The lowest BCUT2D eigenvalue weighted by Gasteiger charge is -2.35. The fourth-order valence-corrected chi connectivity index (χ4v) is 3.21. The van der Waals surface area contributed by atoms with Crippen LogP contribution in [0.2, 0.25) is 0 Å². The second kappa shape index (κ2) is 4.41. The highest BCUT2D eigenvalue weighted by Crippen LogP contribution is 2.34. The van der Waals surface area contributed by atoms with Crippen LogP contribution in [-0.2, 0) is 7.05 Å². The third kappa shape index (κ3) is 1.84. The molecule has 1 saturated heterocycles. The zero-order valence-electron chi connectivity index (χ0n) is 11.1. The van der Waals surface area contributed by atoms with Crippen molar-refractivity contribution >= 4 is 10.9 Å². The van der Waals surface area contributed by atoms with Gasteiger partial charge in [-0.15, -0.1) is 0 Å². The van der Waals surface area contributed by atoms with Gasteiger partial charge in [0.2, 0.25) is 0 Å². The van der Waals surface area contributed by atoms with Crippen molar-refractivity contribution in [1.82, 2.24) is 9.47 Å². The van der Waals surface area contributed by atoms with Crippen molar-refractivity contribution in [1.29, 1.82) is 0 Å². The second-order valence-electron chi connectivity index (χ2n) is 5.51. The van der Waals surface area contributed by atoms with E-state index in [4.69, 9.17) is 5.73 Å². The number of para-hydroxylation sites is 1. The lowest BCUT2D eigenvalue weighted by molar-refractivity contribution is 0.171. The van der Waals surface area contributed by atoms with Gasteiger partial charge in [0.1, 0.15) is 0 Å². The Bertz CT molecular complexity index is 558. The number of hydrogen-bond acceptors (Lipinski definition) is 2. The summed E-state index contributed by atoms with van der Waals surface area (Å²) in [5, 5.41) is 1.38. The lowest BCUT2D eigenvalue weighted by atomic mass is 9.93. The minimum absolute atomic E-state index is 0.334. The zero-order chi connectivity index (χ0) is 12.7. The van der Waals surface area contributed by atoms with Crippen LogP contribution in [0.1, 0.15) is 24.4 Å². The topological polar surface area (TPSA) is 34.2 Å². The summed E-state index contributed by atoms with van der Waals surface area (Å²) >= 11 is 0. The number of piperidine rings is 1. The molecular weight excluding hydrogens is 222 g/mol. The summed E-state index contributed by atoms with van der Waals surface area (Å²) < 4.78 is 2.23. The number of hydrogen-bond donors (Lipinski definition) is 1. The Labute approximate surface area is 108 Å². The Morgan fingerprint density at radius 3 is 2.72 bits per heavy atom. The molecule has 0 aliphatic carbocycles. The van der Waals surface area contributed by atoms with Crippen LogP contribution < -0.4 is 5.73 Å². The summed E-state index contributed by atoms with van der Waals surface area (Å²) in [7, 11) is 4.31. The van der Waals surface area contributed by atoms with E-state index in [2.05, 4.69) is 54.0 Å². The Morgan fingerprint density at radius 1 is 1.17 bits per heavy atom. The Hall–Kier alpha value is -1.32. The van der Waals surface area contributed by atoms with Crippen molar-refractivity contribution in [3.63, 3.8) is 0 Å². The van der Waals surface area contributed by atoms with E-state index in [0.29, 0.717) is 12.1 Å². The maximum Gasteiger partial charge on any atom is 0.0481 e. The molecule has 3 rings (SSSR count). The number of rotatable bonds is 1. The number of fused-ring (bicyclic) bond motifs is 1. The molecule has 2 N–H and O–H groups in total. The molecular formula is C15H21N3. The normalized spacial score (nSPS) is 25.7. The summed E-state index contributed by atoms with van der Waals surface area (Å²) in [6.45, 7) is 0.994. The summed E-state index contributed by atoms with van der Waals surface area (Å²) in [6, 6.07) is 9.49. The monoisotopic (exact) mass is 243 g/mol. The highest BCUT2D eigenvalue weighted by atomic mass is 15.2. The maximum atomic E-state index is 6.04. The van der Waals surface area contributed by atoms with Gasteiger partial charge in [-0.3, -0.25) is 4.90 Å². The maximum absolute atomic E-state index is 6.04. The second-order valence-corrected chi connectivity index (χ2v) is 5.51. The van der Waals surface area contributed by atoms with Crippen LogP contribution in [0.3, 0.4) is 0 Å². The number of nitrogens with two attached hydrogens (primary N) is 1. The van der Waals surface area contributed by atoms with Gasteiger partial charge in [0.15, 0.2) is 0 Å². The fourth-order valence-electron chi connectivity index (χ4n) is 3.21. The fraction of sp³-hybridized carbons (Fsp3) is 0.467. The van der Waals surface area contributed by atoms with Crippen LogP contribution >= 0.6 is 0 Å². The number of likely N-dealkylation sites (N-methyl/N-ethyl adjacent to an activating group) is 1. The minimum Gasteiger partial charge on any atom is -0.350 e. The number of aromatic nitrogens is 1. The zero-order valence-corrected chi connectivity index (χ0v) is 11.1. The molecule has 18 heavy (non-hydrogen) atoms. The van der Waals surface area contributed by atoms with Crippen molar-refractivity contribution in [3.8, 4) is 0 Å². The first-order chi connectivity index (χ1) is 8.66. The van der Waals surface area contributed by atoms with E-state index in [1.165, 1.54) is 16.5 Å². The predicted molar refractivity (Wildman–Crippen MR) is 75.5 cm³/mol. The number of nitrogens with zero attached hydrogens (tertiary/aromatic N) is 2. The molecule has 3 heteroatoms. The molecule has 1 aromatic carbocycles. The van der Waals surface area contributed by atoms with Gasteiger partial charge in [0.25, 0.3) is 0 Å². The number of likely N-dealkylation sites (tertiary alicyclic amines) is 1. The molecule has 1 aliphatic heterocycles. The smallest absolute Gasteiger partial charge is 0.0481 e. The SMILES string of the molecule is CN1CC(N)CCC1c1cn(C)c2ccccc12. The van der Waals surface area contributed by atoms with E-state index in [9.17, 15) is 0 Å². The number of aryl methyl sites for hydroxylation is 1. The first-order valence-corrected chi connectivity index (χ1v) is 6.66. The minimum atomic E-state index is 0.334. The quantitative estimate of drug-likeness (QED) is 0.833. The van der Waals surface area contributed by atoms with Crippen molar-refractivity contribution in [2.45, 2.75) is 24.9 Å².